The van der Waals surface area contributed by atoms with Crippen molar-refractivity contribution in [2.45, 2.75) is 25.9 Å². The number of hydrogen-bond donors (Lipinski definition) is 0. The normalized spacial score (nSPS) is 11.6. The van der Waals surface area contributed by atoms with Gasteiger partial charge in [0.2, 0.25) is 17.9 Å². The molecule has 0 saturated heterocycles. The molecule has 0 unspecified atom stereocenters. The molecular weight excluding hydrogens is 603 g/mol. The highest BCUT2D eigenvalue weighted by Crippen LogP contribution is 2.31. The third-order valence-electron chi connectivity index (χ3n) is 7.24. The van der Waals surface area contributed by atoms with E-state index in [0.29, 0.717) is 47.6 Å². The van der Waals surface area contributed by atoms with Crippen molar-refractivity contribution >= 4 is 24.3 Å². The predicted octanol–water partition coefficient (Wildman–Crippen LogP) is 9.05. The predicted molar refractivity (Wildman–Crippen MR) is 178 cm³/mol. The molecule has 1 heterocycles. The summed E-state index contributed by atoms with van der Waals surface area (Å²) in [4.78, 5) is 0. The van der Waals surface area contributed by atoms with Gasteiger partial charge in [-0.05, 0) is 64.7 Å². The van der Waals surface area contributed by atoms with Crippen molar-refractivity contribution in [2.24, 2.45) is 0 Å². The van der Waals surface area contributed by atoms with E-state index >= 15 is 0 Å². The number of methoxy groups -OCH3 is 2. The largest absolute Gasteiger partial charge is 0.493 e. The second-order valence-corrected chi connectivity index (χ2v) is 10.6. The Kier molecular flexibility index (Phi) is 11.0. The van der Waals surface area contributed by atoms with Crippen molar-refractivity contribution in [3.63, 3.8) is 0 Å². The Morgan fingerprint density at radius 2 is 0.979 bits per heavy atom. The number of halogens is 3. The lowest BCUT2D eigenvalue weighted by molar-refractivity contribution is -0.722. The van der Waals surface area contributed by atoms with E-state index in [9.17, 15) is 13.2 Å². The van der Waals surface area contributed by atoms with E-state index in [4.69, 9.17) is 18.9 Å². The number of rotatable bonds is 13. The first kappa shape index (κ1) is 32.9. The molecule has 0 fully saturated rings. The Hall–Kier alpha value is -5.50. The number of pyridine rings is 1. The van der Waals surface area contributed by atoms with Crippen LogP contribution >= 0.6 is 0 Å². The second kappa shape index (κ2) is 15.7. The number of aromatic nitrogens is 1. The van der Waals surface area contributed by atoms with E-state index in [2.05, 4.69) is 0 Å². The van der Waals surface area contributed by atoms with Gasteiger partial charge in [-0.15, -0.1) is 0 Å². The summed E-state index contributed by atoms with van der Waals surface area (Å²) in [5.74, 6) is 2.19. The lowest BCUT2D eigenvalue weighted by Gasteiger charge is -2.12. The molecule has 0 aliphatic carbocycles. The van der Waals surface area contributed by atoms with Gasteiger partial charge < -0.3 is 18.9 Å². The Balaban J connectivity index is 1.35. The van der Waals surface area contributed by atoms with Gasteiger partial charge in [0.15, 0.2) is 23.0 Å². The minimum Gasteiger partial charge on any atom is -0.493 e. The molecule has 8 heteroatoms. The molecule has 0 aliphatic heterocycles. The first-order chi connectivity index (χ1) is 22.8. The Morgan fingerprint density at radius 3 is 1.38 bits per heavy atom. The van der Waals surface area contributed by atoms with Crippen molar-refractivity contribution < 1.29 is 36.7 Å². The number of ether oxygens (including phenoxy) is 4. The van der Waals surface area contributed by atoms with Crippen molar-refractivity contribution in [3.8, 4) is 23.0 Å². The van der Waals surface area contributed by atoms with Crippen molar-refractivity contribution in [3.05, 3.63) is 149 Å². The van der Waals surface area contributed by atoms with Crippen LogP contribution in [0.5, 0.6) is 23.0 Å². The molecule has 0 saturated carbocycles. The average molecular weight is 639 g/mol. The summed E-state index contributed by atoms with van der Waals surface area (Å²) in [6, 6.07) is 35.4. The van der Waals surface area contributed by atoms with Gasteiger partial charge in [-0.2, -0.15) is 17.7 Å². The van der Waals surface area contributed by atoms with Crippen LogP contribution in [0.1, 0.15) is 33.6 Å². The third kappa shape index (κ3) is 9.50. The fourth-order valence-electron chi connectivity index (χ4n) is 4.88. The molecule has 47 heavy (non-hydrogen) atoms. The summed E-state index contributed by atoms with van der Waals surface area (Å²) in [5.41, 5.74) is 4.30. The van der Waals surface area contributed by atoms with Gasteiger partial charge in [-0.3, -0.25) is 0 Å². The zero-order chi connectivity index (χ0) is 33.1. The molecule has 0 aliphatic rings. The highest BCUT2D eigenvalue weighted by molar-refractivity contribution is 5.71. The van der Waals surface area contributed by atoms with Gasteiger partial charge in [-0.1, -0.05) is 72.8 Å². The molecule has 4 aromatic carbocycles. The summed E-state index contributed by atoms with van der Waals surface area (Å²) in [6.07, 6.45) is 2.38. The zero-order valence-electron chi connectivity index (χ0n) is 26.1. The van der Waals surface area contributed by atoms with Crippen LogP contribution in [0.2, 0.25) is 0 Å². The minimum absolute atomic E-state index is 0.378. The standard InChI is InChI=1S/C39H35F3NO4/c1-44-37-24-29(18-22-35(37)46-26-31-10-5-3-6-11-31)16-20-33-14-9-15-34(43(33)28-39(40,41)42)21-17-30-19-23-36(38(25-30)45-2)47-27-32-12-7-4-8-13-32/h3-25H,26-28H2,1-2H3/q+1/b20-16+,21-17+. The molecule has 0 bridgehead atoms. The van der Waals surface area contributed by atoms with Crippen LogP contribution in [-0.2, 0) is 19.8 Å². The molecule has 1 aromatic heterocycles. The van der Waals surface area contributed by atoms with Crippen LogP contribution in [0.3, 0.4) is 0 Å². The van der Waals surface area contributed by atoms with E-state index in [-0.39, 0.29) is 0 Å². The lowest BCUT2D eigenvalue weighted by atomic mass is 10.1. The number of nitrogens with zero attached hydrogens (tertiary/aromatic N) is 1. The van der Waals surface area contributed by atoms with Crippen LogP contribution in [0.4, 0.5) is 13.2 Å². The van der Waals surface area contributed by atoms with Crippen molar-refractivity contribution in [2.75, 3.05) is 14.2 Å². The molecule has 0 amide bonds. The number of alkyl halides is 3. The van der Waals surface area contributed by atoms with Gasteiger partial charge in [0, 0.05) is 24.3 Å². The quantitative estimate of drug-likeness (QED) is 0.121. The molecule has 240 valence electrons. The molecule has 5 nitrogen and oxygen atoms in total. The maximum atomic E-state index is 13.8. The zero-order valence-corrected chi connectivity index (χ0v) is 26.1. The molecule has 5 rings (SSSR count). The summed E-state index contributed by atoms with van der Waals surface area (Å²) in [5, 5.41) is 0. The van der Waals surface area contributed by atoms with Crippen molar-refractivity contribution in [1.29, 1.82) is 0 Å². The van der Waals surface area contributed by atoms with Crippen LogP contribution in [-0.4, -0.2) is 20.4 Å². The number of hydrogen-bond acceptors (Lipinski definition) is 4. The maximum Gasteiger partial charge on any atom is 0.448 e. The molecular formula is C39H35F3NO4+. The summed E-state index contributed by atoms with van der Waals surface area (Å²) < 4.78 is 65.5. The van der Waals surface area contributed by atoms with E-state index in [1.807, 2.05) is 72.8 Å². The van der Waals surface area contributed by atoms with Gasteiger partial charge in [-0.25, -0.2) is 0 Å². The van der Waals surface area contributed by atoms with Crippen LogP contribution in [0, 0.1) is 0 Å². The van der Waals surface area contributed by atoms with Gasteiger partial charge >= 0.3 is 6.18 Å². The smallest absolute Gasteiger partial charge is 0.448 e. The molecule has 5 aromatic rings. The fourth-order valence-corrected chi connectivity index (χ4v) is 4.88. The Bertz CT molecular complexity index is 1700. The first-order valence-corrected chi connectivity index (χ1v) is 15.0. The van der Waals surface area contributed by atoms with Crippen LogP contribution < -0.4 is 23.5 Å². The number of benzene rings is 4. The highest BCUT2D eigenvalue weighted by Gasteiger charge is 2.35. The van der Waals surface area contributed by atoms with E-state index in [1.165, 1.54) is 4.57 Å². The molecule has 0 N–H and O–H groups in total. The second-order valence-electron chi connectivity index (χ2n) is 10.6. The molecule has 0 spiro atoms. The summed E-state index contributed by atoms with van der Waals surface area (Å²) >= 11 is 0. The first-order valence-electron chi connectivity index (χ1n) is 15.0. The molecule has 0 atom stereocenters. The monoisotopic (exact) mass is 638 g/mol. The van der Waals surface area contributed by atoms with Crippen molar-refractivity contribution in [1.82, 2.24) is 0 Å². The van der Waals surface area contributed by atoms with Crippen LogP contribution in [0.15, 0.2) is 115 Å². The van der Waals surface area contributed by atoms with Crippen LogP contribution in [0.25, 0.3) is 24.3 Å². The molecule has 0 radical (unpaired) electrons. The summed E-state index contributed by atoms with van der Waals surface area (Å²) in [6.45, 7) is -0.398. The minimum atomic E-state index is -4.43. The van der Waals surface area contributed by atoms with E-state index < -0.39 is 12.7 Å². The van der Waals surface area contributed by atoms with Gasteiger partial charge in [0.1, 0.15) is 13.2 Å². The average Bonchev–Trinajstić information content (AvgIpc) is 3.09. The Morgan fingerprint density at radius 1 is 0.532 bits per heavy atom. The maximum absolute atomic E-state index is 13.8. The lowest BCUT2D eigenvalue weighted by Crippen LogP contribution is -2.46. The fraction of sp³-hybridized carbons (Fsp3) is 0.154. The van der Waals surface area contributed by atoms with Gasteiger partial charge in [0.25, 0.3) is 0 Å². The highest BCUT2D eigenvalue weighted by atomic mass is 19.4. The van der Waals surface area contributed by atoms with E-state index in [0.717, 1.165) is 22.3 Å². The Labute approximate surface area is 272 Å². The topological polar surface area (TPSA) is 40.8 Å². The summed E-state index contributed by atoms with van der Waals surface area (Å²) in [7, 11) is 3.10. The van der Waals surface area contributed by atoms with E-state index in [1.54, 1.807) is 81.0 Å². The van der Waals surface area contributed by atoms with Gasteiger partial charge in [0.05, 0.1) is 14.2 Å². The third-order valence-corrected chi connectivity index (χ3v) is 7.24. The SMILES string of the molecule is COc1cc(/C=C/c2cccc(/C=C/c3ccc(OCc4ccccc4)c(OC)c3)[n+]2CC(F)(F)F)ccc1OCc1ccccc1.